The zero-order chi connectivity index (χ0) is 30.7. The van der Waals surface area contributed by atoms with Gasteiger partial charge in [-0.05, 0) is 42.2 Å². The molecule has 3 N–H and O–H groups in total. The van der Waals surface area contributed by atoms with Crippen LogP contribution in [0.3, 0.4) is 0 Å². The number of benzene rings is 3. The van der Waals surface area contributed by atoms with Crippen LogP contribution in [-0.2, 0) is 17.6 Å². The summed E-state index contributed by atoms with van der Waals surface area (Å²) in [5, 5.41) is 8.54. The standard InChI is InChI=1S/C31H32FN7O4/c1-5-19-14-22(28(32)26(16-19)42-17-27(40)38(3)4)23(15-20-10-12-21(13-11-20)29-34-18(2)43-37-29)30-35-31(41)39(36-30)25-9-7-6-8-24(25)33/h6-14,16,23H,5,15,17,33H2,1-4H3,(H,35,36,41). The molecule has 0 spiro atoms. The molecule has 5 rings (SSSR count). The average Bonchev–Trinajstić information content (AvgIpc) is 3.61. The van der Waals surface area contributed by atoms with E-state index in [1.54, 1.807) is 57.4 Å². The van der Waals surface area contributed by atoms with Gasteiger partial charge in [-0.25, -0.2) is 9.18 Å². The van der Waals surface area contributed by atoms with Crippen molar-refractivity contribution >= 4 is 11.6 Å². The summed E-state index contributed by atoms with van der Waals surface area (Å²) in [5.74, 6) is -0.563. The number of carbonyl (C=O) groups excluding carboxylic acids is 1. The molecule has 5 aromatic rings. The number of anilines is 1. The van der Waals surface area contributed by atoms with Crippen molar-refractivity contribution < 1.29 is 18.4 Å². The number of hydrogen-bond acceptors (Lipinski definition) is 8. The van der Waals surface area contributed by atoms with Crippen molar-refractivity contribution in [3.63, 3.8) is 0 Å². The highest BCUT2D eigenvalue weighted by atomic mass is 19.1. The summed E-state index contributed by atoms with van der Waals surface area (Å²) in [6.07, 6.45) is 0.866. The number of aromatic nitrogens is 5. The molecule has 12 heteroatoms. The minimum atomic E-state index is -0.726. The number of carbonyl (C=O) groups is 1. The Morgan fingerprint density at radius 1 is 1.14 bits per heavy atom. The van der Waals surface area contributed by atoms with E-state index in [-0.39, 0.29) is 36.1 Å². The van der Waals surface area contributed by atoms with Crippen molar-refractivity contribution in [2.45, 2.75) is 32.6 Å². The number of aryl methyl sites for hydroxylation is 2. The van der Waals surface area contributed by atoms with Gasteiger partial charge in [-0.1, -0.05) is 54.5 Å². The molecule has 11 nitrogen and oxygen atoms in total. The highest BCUT2D eigenvalue weighted by Gasteiger charge is 2.27. The van der Waals surface area contributed by atoms with Crippen molar-refractivity contribution in [2.75, 3.05) is 26.4 Å². The lowest BCUT2D eigenvalue weighted by Crippen LogP contribution is -2.27. The summed E-state index contributed by atoms with van der Waals surface area (Å²) < 4.78 is 28.2. The number of nitrogens with two attached hydrogens (primary N) is 1. The van der Waals surface area contributed by atoms with E-state index in [9.17, 15) is 9.59 Å². The Labute approximate surface area is 247 Å². The van der Waals surface area contributed by atoms with Crippen LogP contribution in [0.5, 0.6) is 5.75 Å². The van der Waals surface area contributed by atoms with Crippen molar-refractivity contribution in [1.82, 2.24) is 29.8 Å². The number of H-pyrrole nitrogens is 1. The first kappa shape index (κ1) is 29.2. The molecule has 0 saturated carbocycles. The van der Waals surface area contributed by atoms with Gasteiger partial charge in [0, 0.05) is 32.1 Å². The molecule has 0 radical (unpaired) electrons. The molecule has 3 aromatic carbocycles. The van der Waals surface area contributed by atoms with Crippen molar-refractivity contribution in [1.29, 1.82) is 0 Å². The van der Waals surface area contributed by atoms with Gasteiger partial charge in [-0.15, -0.1) is 5.10 Å². The molecule has 0 aliphatic carbocycles. The van der Waals surface area contributed by atoms with Crippen molar-refractivity contribution in [3.8, 4) is 22.8 Å². The van der Waals surface area contributed by atoms with E-state index in [0.717, 1.165) is 16.7 Å². The third-order valence-corrected chi connectivity index (χ3v) is 7.07. The van der Waals surface area contributed by atoms with Crippen LogP contribution in [0.4, 0.5) is 10.1 Å². The van der Waals surface area contributed by atoms with Crippen molar-refractivity contribution in [2.24, 2.45) is 0 Å². The Morgan fingerprint density at radius 3 is 2.53 bits per heavy atom. The number of ether oxygens (including phenoxy) is 1. The van der Waals surface area contributed by atoms with Gasteiger partial charge in [0.1, 0.15) is 5.82 Å². The second-order valence-electron chi connectivity index (χ2n) is 10.3. The molecule has 0 aliphatic heterocycles. The lowest BCUT2D eigenvalue weighted by Gasteiger charge is -2.20. The highest BCUT2D eigenvalue weighted by molar-refractivity contribution is 5.77. The summed E-state index contributed by atoms with van der Waals surface area (Å²) in [5.41, 5.74) is 9.06. The first-order valence-corrected chi connectivity index (χ1v) is 13.7. The number of halogens is 1. The minimum Gasteiger partial charge on any atom is -0.481 e. The van der Waals surface area contributed by atoms with E-state index in [1.807, 2.05) is 31.2 Å². The van der Waals surface area contributed by atoms with Crippen LogP contribution in [0.25, 0.3) is 17.1 Å². The molecule has 0 saturated heterocycles. The van der Waals surface area contributed by atoms with Crippen LogP contribution in [0.1, 0.15) is 41.2 Å². The molecule has 0 aliphatic rings. The number of aromatic amines is 1. The lowest BCUT2D eigenvalue weighted by molar-refractivity contribution is -0.130. The molecular weight excluding hydrogens is 553 g/mol. The Balaban J connectivity index is 1.59. The van der Waals surface area contributed by atoms with Crippen LogP contribution >= 0.6 is 0 Å². The molecule has 2 aromatic heterocycles. The zero-order valence-corrected chi connectivity index (χ0v) is 24.3. The van der Waals surface area contributed by atoms with Gasteiger partial charge in [0.05, 0.1) is 17.3 Å². The second-order valence-corrected chi connectivity index (χ2v) is 10.3. The molecular formula is C31H32FN7O4. The van der Waals surface area contributed by atoms with E-state index in [4.69, 9.17) is 15.0 Å². The normalized spacial score (nSPS) is 11.8. The summed E-state index contributed by atoms with van der Waals surface area (Å²) in [7, 11) is 3.20. The predicted molar refractivity (Wildman–Crippen MR) is 159 cm³/mol. The van der Waals surface area contributed by atoms with Crippen LogP contribution in [-0.4, -0.2) is 56.4 Å². The number of amides is 1. The molecule has 43 heavy (non-hydrogen) atoms. The number of hydrogen-bond donors (Lipinski definition) is 2. The third kappa shape index (κ3) is 6.32. The maximum Gasteiger partial charge on any atom is 0.348 e. The minimum absolute atomic E-state index is 0.0496. The van der Waals surface area contributed by atoms with E-state index < -0.39 is 17.4 Å². The van der Waals surface area contributed by atoms with Gasteiger partial charge in [0.2, 0.25) is 11.7 Å². The van der Waals surface area contributed by atoms with E-state index in [0.29, 0.717) is 29.5 Å². The molecule has 222 valence electrons. The van der Waals surface area contributed by atoms with Gasteiger partial charge in [-0.3, -0.25) is 9.78 Å². The summed E-state index contributed by atoms with van der Waals surface area (Å²) >= 11 is 0. The molecule has 1 unspecified atom stereocenters. The summed E-state index contributed by atoms with van der Waals surface area (Å²) in [6, 6.07) is 17.7. The smallest absolute Gasteiger partial charge is 0.348 e. The van der Waals surface area contributed by atoms with Gasteiger partial charge in [-0.2, -0.15) is 9.67 Å². The van der Waals surface area contributed by atoms with E-state index in [1.165, 1.54) is 9.58 Å². The van der Waals surface area contributed by atoms with E-state index in [2.05, 4.69) is 20.2 Å². The lowest BCUT2D eigenvalue weighted by atomic mass is 9.89. The van der Waals surface area contributed by atoms with Gasteiger partial charge < -0.3 is 19.9 Å². The summed E-state index contributed by atoms with van der Waals surface area (Å²) in [6.45, 7) is 3.33. The number of nitrogens with zero attached hydrogens (tertiary/aromatic N) is 5. The van der Waals surface area contributed by atoms with Crippen LogP contribution in [0, 0.1) is 12.7 Å². The van der Waals surface area contributed by atoms with Crippen LogP contribution in [0.2, 0.25) is 0 Å². The highest BCUT2D eigenvalue weighted by Crippen LogP contribution is 2.34. The second kappa shape index (κ2) is 12.3. The Kier molecular flexibility index (Phi) is 8.37. The average molecular weight is 586 g/mol. The van der Waals surface area contributed by atoms with Gasteiger partial charge in [0.25, 0.3) is 5.91 Å². The maximum atomic E-state index is 16.2. The Bertz CT molecular complexity index is 1810. The number of para-hydroxylation sites is 2. The fourth-order valence-corrected chi connectivity index (χ4v) is 4.65. The topological polar surface area (TPSA) is 145 Å². The first-order valence-electron chi connectivity index (χ1n) is 13.7. The SMILES string of the molecule is CCc1cc(OCC(=O)N(C)C)c(F)c(C(Cc2ccc(-c3noc(C)n3)cc2)c2nn(-c3ccccc3N)c(=O)[nH]2)c1. The number of likely N-dealkylation sites (N-methyl/N-ethyl adjacent to an activating group) is 1. The molecule has 0 fully saturated rings. The van der Waals surface area contributed by atoms with Gasteiger partial charge in [0.15, 0.2) is 18.2 Å². The number of nitrogens with one attached hydrogen (secondary N) is 1. The fraction of sp³-hybridized carbons (Fsp3) is 0.258. The van der Waals surface area contributed by atoms with Crippen LogP contribution < -0.4 is 16.2 Å². The number of nitrogen functional groups attached to an aromatic ring is 1. The quantitative estimate of drug-likeness (QED) is 0.234. The summed E-state index contributed by atoms with van der Waals surface area (Å²) in [4.78, 5) is 33.8. The fourth-order valence-electron chi connectivity index (χ4n) is 4.65. The molecule has 0 bridgehead atoms. The zero-order valence-electron chi connectivity index (χ0n) is 24.3. The van der Waals surface area contributed by atoms with Crippen molar-refractivity contribution in [3.05, 3.63) is 105 Å². The largest absolute Gasteiger partial charge is 0.481 e. The third-order valence-electron chi connectivity index (χ3n) is 7.07. The first-order chi connectivity index (χ1) is 20.6. The number of rotatable bonds is 10. The van der Waals surface area contributed by atoms with Crippen LogP contribution in [0.15, 0.2) is 70.0 Å². The molecule has 1 atom stereocenters. The Morgan fingerprint density at radius 2 is 1.88 bits per heavy atom. The monoisotopic (exact) mass is 585 g/mol. The Hall–Kier alpha value is -5.26. The maximum absolute atomic E-state index is 16.2. The predicted octanol–water partition coefficient (Wildman–Crippen LogP) is 4.04. The van der Waals surface area contributed by atoms with Gasteiger partial charge >= 0.3 is 5.69 Å². The molecule has 2 heterocycles. The van der Waals surface area contributed by atoms with E-state index >= 15 is 4.39 Å². The molecule has 1 amide bonds.